The summed E-state index contributed by atoms with van der Waals surface area (Å²) >= 11 is 0. The Bertz CT molecular complexity index is 1460. The van der Waals surface area contributed by atoms with E-state index in [0.717, 1.165) is 82.6 Å². The van der Waals surface area contributed by atoms with E-state index in [1.807, 2.05) is 6.92 Å². The van der Waals surface area contributed by atoms with Crippen LogP contribution >= 0.6 is 0 Å². The molecule has 1 spiro atoms. The largest absolute Gasteiger partial charge is 0.481 e. The average Bonchev–Trinajstić information content (AvgIpc) is 3.24. The van der Waals surface area contributed by atoms with Gasteiger partial charge in [0.15, 0.2) is 5.79 Å². The maximum Gasteiger partial charge on any atom is 0.309 e. The number of methoxy groups -OCH3 is 1. The van der Waals surface area contributed by atoms with Crippen LogP contribution in [0.3, 0.4) is 0 Å². The number of carbonyl (C=O) groups is 1. The molecule has 1 aromatic carbocycles. The molecule has 0 unspecified atom stereocenters. The highest BCUT2D eigenvalue weighted by atomic mass is 16.6. The van der Waals surface area contributed by atoms with Crippen LogP contribution in [0.2, 0.25) is 0 Å². The van der Waals surface area contributed by atoms with Gasteiger partial charge in [-0.2, -0.15) is 0 Å². The van der Waals surface area contributed by atoms with Crippen LogP contribution in [0.5, 0.6) is 0 Å². The van der Waals surface area contributed by atoms with E-state index >= 15 is 0 Å². The molecule has 13 atom stereocenters. The van der Waals surface area contributed by atoms with Crippen molar-refractivity contribution in [2.75, 3.05) is 20.3 Å². The second kappa shape index (κ2) is 12.0. The van der Waals surface area contributed by atoms with Crippen LogP contribution in [0, 0.1) is 55.7 Å². The zero-order valence-electron chi connectivity index (χ0n) is 32.0. The number of benzene rings is 1. The number of ether oxygens (including phenoxy) is 2. The third-order valence-electron chi connectivity index (χ3n) is 18.0. The van der Waals surface area contributed by atoms with Crippen LogP contribution in [-0.2, 0) is 27.1 Å². The van der Waals surface area contributed by atoms with E-state index in [1.54, 1.807) is 7.11 Å². The van der Waals surface area contributed by atoms with E-state index in [0.29, 0.717) is 18.9 Å². The summed E-state index contributed by atoms with van der Waals surface area (Å²) in [5, 5.41) is 47.5. The molecule has 50 heavy (non-hydrogen) atoms. The Labute approximate surface area is 300 Å². The van der Waals surface area contributed by atoms with Gasteiger partial charge in [0.2, 0.25) is 0 Å². The molecule has 0 radical (unpaired) electrons. The van der Waals surface area contributed by atoms with Gasteiger partial charge in [0.25, 0.3) is 0 Å². The second-order valence-electron chi connectivity index (χ2n) is 19.6. The Morgan fingerprint density at radius 1 is 0.880 bits per heavy atom. The number of hydrogen-bond acceptors (Lipinski definition) is 6. The Morgan fingerprint density at radius 3 is 2.14 bits per heavy atom. The Hall–Kier alpha value is -1.51. The fourth-order valence-corrected chi connectivity index (χ4v) is 15.0. The molecule has 7 heteroatoms. The molecule has 1 saturated heterocycles. The molecule has 7 nitrogen and oxygen atoms in total. The summed E-state index contributed by atoms with van der Waals surface area (Å²) in [7, 11) is 1.72. The van der Waals surface area contributed by atoms with Gasteiger partial charge in [-0.25, -0.2) is 0 Å². The number of aliphatic hydroxyl groups is 3. The first-order valence-electron chi connectivity index (χ1n) is 20.0. The third kappa shape index (κ3) is 4.54. The van der Waals surface area contributed by atoms with Gasteiger partial charge in [-0.3, -0.25) is 4.79 Å². The molecule has 1 heterocycles. The SMILES string of the molecule is CCC[C@H]1[C@@]23CC[C@H]4[C@]5(C)CC[C@]6(C)CC[C@@](C)(C(=O)O)C[C@H]6[C@]5(C)CC[C@@]4(C)[C@]2(CO)[C@@H](O)C[C@]1(O)O[C@@H]3Cc1ccc(CCOC)cc1. The summed E-state index contributed by atoms with van der Waals surface area (Å²) in [4.78, 5) is 12.7. The summed E-state index contributed by atoms with van der Waals surface area (Å²) in [5.41, 5.74) is -0.173. The molecule has 7 rings (SSSR count). The topological polar surface area (TPSA) is 116 Å². The molecule has 6 aliphatic rings. The predicted molar refractivity (Wildman–Crippen MR) is 193 cm³/mol. The van der Waals surface area contributed by atoms with Gasteiger partial charge in [-0.15, -0.1) is 0 Å². The van der Waals surface area contributed by atoms with E-state index in [-0.39, 0.29) is 47.2 Å². The van der Waals surface area contributed by atoms with E-state index in [4.69, 9.17) is 9.47 Å². The van der Waals surface area contributed by atoms with Gasteiger partial charge in [0.05, 0.1) is 30.8 Å². The predicted octanol–water partition coefficient (Wildman–Crippen LogP) is 7.57. The molecule has 0 amide bonds. The van der Waals surface area contributed by atoms with Crippen LogP contribution in [-0.4, -0.2) is 64.7 Å². The molecule has 2 bridgehead atoms. The lowest BCUT2D eigenvalue weighted by Crippen LogP contribution is -2.77. The van der Waals surface area contributed by atoms with Crippen molar-refractivity contribution in [1.29, 1.82) is 0 Å². The number of fused-ring (bicyclic) bond motifs is 7. The van der Waals surface area contributed by atoms with Gasteiger partial charge in [-0.1, -0.05) is 65.3 Å². The number of aliphatic hydroxyl groups excluding tert-OH is 2. The zero-order chi connectivity index (χ0) is 36.2. The molecule has 280 valence electrons. The highest BCUT2D eigenvalue weighted by Gasteiger charge is 2.83. The first-order valence-corrected chi connectivity index (χ1v) is 20.0. The quantitative estimate of drug-likeness (QED) is 0.211. The number of rotatable bonds is 9. The van der Waals surface area contributed by atoms with Crippen molar-refractivity contribution >= 4 is 5.97 Å². The normalized spacial score (nSPS) is 50.9. The van der Waals surface area contributed by atoms with Crippen LogP contribution in [0.1, 0.15) is 130 Å². The van der Waals surface area contributed by atoms with Crippen LogP contribution in [0.4, 0.5) is 0 Å². The lowest BCUT2D eigenvalue weighted by atomic mass is 9.26. The maximum atomic E-state index is 12.7. The minimum Gasteiger partial charge on any atom is -0.481 e. The maximum absolute atomic E-state index is 12.7. The minimum atomic E-state index is -1.43. The molecule has 5 saturated carbocycles. The van der Waals surface area contributed by atoms with E-state index in [1.165, 1.54) is 5.56 Å². The first-order chi connectivity index (χ1) is 23.5. The van der Waals surface area contributed by atoms with E-state index < -0.39 is 39.5 Å². The van der Waals surface area contributed by atoms with E-state index in [2.05, 4.69) is 58.9 Å². The molecular weight excluding hydrogens is 628 g/mol. The highest BCUT2D eigenvalue weighted by Crippen LogP contribution is 2.83. The highest BCUT2D eigenvalue weighted by molar-refractivity contribution is 5.74. The fraction of sp³-hybridized carbons (Fsp3) is 0.837. The van der Waals surface area contributed by atoms with Gasteiger partial charge in [-0.05, 0) is 129 Å². The zero-order valence-corrected chi connectivity index (χ0v) is 32.0. The van der Waals surface area contributed by atoms with Crippen LogP contribution in [0.15, 0.2) is 24.3 Å². The van der Waals surface area contributed by atoms with Crippen molar-refractivity contribution in [1.82, 2.24) is 0 Å². The number of hydrogen-bond donors (Lipinski definition) is 4. The molecular formula is C43H66O7. The summed E-state index contributed by atoms with van der Waals surface area (Å²) in [6.45, 7) is 14.5. The van der Waals surface area contributed by atoms with E-state index in [9.17, 15) is 25.2 Å². The molecule has 0 aromatic heterocycles. The fourth-order valence-electron chi connectivity index (χ4n) is 15.0. The van der Waals surface area contributed by atoms with Crippen molar-refractivity contribution in [2.24, 2.45) is 55.7 Å². The summed E-state index contributed by atoms with van der Waals surface area (Å²) in [6.07, 6.45) is 10.3. The van der Waals surface area contributed by atoms with Gasteiger partial charge in [0.1, 0.15) is 0 Å². The van der Waals surface area contributed by atoms with Crippen molar-refractivity contribution in [2.45, 2.75) is 149 Å². The second-order valence-corrected chi connectivity index (χ2v) is 19.6. The van der Waals surface area contributed by atoms with Crippen molar-refractivity contribution in [3.63, 3.8) is 0 Å². The summed E-state index contributed by atoms with van der Waals surface area (Å²) in [5.74, 6) is -1.71. The molecule has 1 aromatic rings. The molecule has 4 N–H and O–H groups in total. The summed E-state index contributed by atoms with van der Waals surface area (Å²) < 4.78 is 12.2. The van der Waals surface area contributed by atoms with Gasteiger partial charge in [0, 0.05) is 30.3 Å². The Kier molecular flexibility index (Phi) is 8.84. The standard InChI is InChI=1S/C43H66O7/c1-8-9-31-41-16-14-30-38(4)20-19-36(2)17-18-37(3,35(46)47)25-32(36)39(38,5)21-22-40(30,6)42(41,27-44)33(45)26-43(31,48)50-34(41)24-29-12-10-28(11-13-29)15-23-49-7/h10-13,30-34,44-45,48H,8-9,14-27H2,1-7H3,(H,46,47)/t30-,31-,32+,33-,34+,36-,37+,38-,39-,40+,41+,42-,43-/m0/s1. The number of carboxylic acid groups (broad SMARTS) is 1. The number of aliphatic carboxylic acids is 1. The smallest absolute Gasteiger partial charge is 0.309 e. The lowest BCUT2D eigenvalue weighted by Gasteiger charge is -2.78. The minimum absolute atomic E-state index is 0.0538. The average molecular weight is 695 g/mol. The summed E-state index contributed by atoms with van der Waals surface area (Å²) in [6, 6.07) is 8.69. The van der Waals surface area contributed by atoms with Gasteiger partial charge >= 0.3 is 5.97 Å². The van der Waals surface area contributed by atoms with Crippen molar-refractivity contribution < 1.29 is 34.7 Å². The van der Waals surface area contributed by atoms with Crippen LogP contribution in [0.25, 0.3) is 0 Å². The Balaban J connectivity index is 1.32. The monoisotopic (exact) mass is 694 g/mol. The van der Waals surface area contributed by atoms with Crippen molar-refractivity contribution in [3.8, 4) is 0 Å². The van der Waals surface area contributed by atoms with Crippen molar-refractivity contribution in [3.05, 3.63) is 35.4 Å². The van der Waals surface area contributed by atoms with Crippen LogP contribution < -0.4 is 0 Å². The lowest BCUT2D eigenvalue weighted by molar-refractivity contribution is -0.336. The van der Waals surface area contributed by atoms with Gasteiger partial charge < -0.3 is 29.9 Å². The molecule has 6 fully saturated rings. The first kappa shape index (κ1) is 36.8. The molecule has 1 aliphatic heterocycles. The molecule has 5 aliphatic carbocycles. The number of carboxylic acids is 1. The third-order valence-corrected chi connectivity index (χ3v) is 18.0. The Morgan fingerprint density at radius 2 is 1.50 bits per heavy atom.